The van der Waals surface area contributed by atoms with Gasteiger partial charge in [0.2, 0.25) is 5.95 Å². The predicted molar refractivity (Wildman–Crippen MR) is 93.6 cm³/mol. The molecule has 7 nitrogen and oxygen atoms in total. The monoisotopic (exact) mass is 350 g/mol. The van der Waals surface area contributed by atoms with Crippen molar-refractivity contribution < 1.29 is 4.74 Å². The minimum absolute atomic E-state index is 0.452. The van der Waals surface area contributed by atoms with E-state index in [0.29, 0.717) is 22.8 Å². The molecule has 122 valence electrons. The quantitative estimate of drug-likeness (QED) is 0.337. The van der Waals surface area contributed by atoms with Gasteiger partial charge in [0, 0.05) is 38.3 Å². The summed E-state index contributed by atoms with van der Waals surface area (Å²) in [6.45, 7) is 3.32. The van der Waals surface area contributed by atoms with Crippen LogP contribution in [0.5, 0.6) is 0 Å². The van der Waals surface area contributed by atoms with Crippen molar-refractivity contribution in [3.05, 3.63) is 30.2 Å². The van der Waals surface area contributed by atoms with Crippen molar-refractivity contribution in [2.45, 2.75) is 23.5 Å². The highest BCUT2D eigenvalue weighted by Gasteiger charge is 2.07. The highest BCUT2D eigenvalue weighted by Crippen LogP contribution is 2.23. The van der Waals surface area contributed by atoms with E-state index in [1.807, 2.05) is 13.0 Å². The average molecular weight is 350 g/mol. The predicted octanol–water partition coefficient (Wildman–Crippen LogP) is 2.05. The first-order valence-corrected chi connectivity index (χ1v) is 8.24. The molecule has 2 aromatic heterocycles. The van der Waals surface area contributed by atoms with Gasteiger partial charge in [0.15, 0.2) is 10.3 Å². The fourth-order valence-electron chi connectivity index (χ4n) is 1.64. The molecule has 0 aliphatic rings. The molecular weight excluding hydrogens is 332 g/mol. The van der Waals surface area contributed by atoms with Crippen LogP contribution in [-0.2, 0) is 4.74 Å². The third kappa shape index (κ3) is 6.43. The Bertz CT molecular complexity index is 640. The number of anilines is 1. The number of thiocarbonyl (C=S) groups is 1. The number of ether oxygens (including phenoxy) is 1. The smallest absolute Gasteiger partial charge is 0.230 e. The van der Waals surface area contributed by atoms with Crippen LogP contribution < -0.4 is 10.6 Å². The molecule has 0 fully saturated rings. The number of aromatic nitrogens is 4. The Hall–Kier alpha value is -1.84. The number of hydrogen-bond donors (Lipinski definition) is 2. The van der Waals surface area contributed by atoms with Crippen molar-refractivity contribution in [2.24, 2.45) is 0 Å². The second kappa shape index (κ2) is 9.33. The molecule has 2 N–H and O–H groups in total. The minimum atomic E-state index is 0.452. The Morgan fingerprint density at radius 3 is 2.83 bits per heavy atom. The zero-order valence-corrected chi connectivity index (χ0v) is 14.6. The van der Waals surface area contributed by atoms with Gasteiger partial charge >= 0.3 is 0 Å². The molecule has 2 rings (SSSR count). The van der Waals surface area contributed by atoms with Crippen LogP contribution in [0.15, 0.2) is 34.7 Å². The second-order valence-electron chi connectivity index (χ2n) is 4.53. The molecule has 9 heteroatoms. The number of methoxy groups -OCH3 is 1. The number of aryl methyl sites for hydroxylation is 1. The van der Waals surface area contributed by atoms with Gasteiger partial charge in [0.05, 0.1) is 0 Å². The number of rotatable bonds is 7. The van der Waals surface area contributed by atoms with Crippen LogP contribution in [0.25, 0.3) is 0 Å². The van der Waals surface area contributed by atoms with Gasteiger partial charge in [-0.15, -0.1) is 0 Å². The van der Waals surface area contributed by atoms with Crippen molar-refractivity contribution in [1.29, 1.82) is 0 Å². The van der Waals surface area contributed by atoms with E-state index in [0.717, 1.165) is 23.7 Å². The summed E-state index contributed by atoms with van der Waals surface area (Å²) in [5.41, 5.74) is 0.836. The molecule has 0 unspecified atom stereocenters. The van der Waals surface area contributed by atoms with E-state index in [2.05, 4.69) is 30.6 Å². The third-order valence-electron chi connectivity index (χ3n) is 2.60. The van der Waals surface area contributed by atoms with E-state index in [4.69, 9.17) is 17.0 Å². The van der Waals surface area contributed by atoms with E-state index in [9.17, 15) is 0 Å². The van der Waals surface area contributed by atoms with Gasteiger partial charge in [-0.1, -0.05) is 0 Å². The van der Waals surface area contributed by atoms with Gasteiger partial charge < -0.3 is 15.4 Å². The molecule has 0 aliphatic carbocycles. The molecule has 0 spiro atoms. The molecular formula is C14H18N6OS2. The maximum atomic E-state index is 5.23. The fraction of sp³-hybridized carbons (Fsp3) is 0.357. The Kier molecular flexibility index (Phi) is 7.11. The third-order valence-corrected chi connectivity index (χ3v) is 3.66. The van der Waals surface area contributed by atoms with Gasteiger partial charge in [0.25, 0.3) is 0 Å². The van der Waals surface area contributed by atoms with Crippen LogP contribution in [0, 0.1) is 6.92 Å². The van der Waals surface area contributed by atoms with Gasteiger partial charge in [-0.05, 0) is 49.5 Å². The lowest BCUT2D eigenvalue weighted by Crippen LogP contribution is -2.30. The number of nitrogens with zero attached hydrogens (tertiary/aromatic N) is 4. The van der Waals surface area contributed by atoms with Crippen LogP contribution in [-0.4, -0.2) is 45.3 Å². The Morgan fingerprint density at radius 2 is 2.09 bits per heavy atom. The van der Waals surface area contributed by atoms with E-state index in [1.165, 1.54) is 11.8 Å². The summed E-state index contributed by atoms with van der Waals surface area (Å²) in [6, 6.07) is 3.65. The molecule has 23 heavy (non-hydrogen) atoms. The summed E-state index contributed by atoms with van der Waals surface area (Å²) in [6.07, 6.45) is 4.27. The van der Waals surface area contributed by atoms with Crippen LogP contribution in [0.1, 0.15) is 12.1 Å². The lowest BCUT2D eigenvalue weighted by molar-refractivity contribution is 0.196. The normalized spacial score (nSPS) is 10.3. The van der Waals surface area contributed by atoms with Crippen LogP contribution in [0.3, 0.4) is 0 Å². The molecule has 0 saturated heterocycles. The van der Waals surface area contributed by atoms with Gasteiger partial charge in [-0.25, -0.2) is 19.9 Å². The van der Waals surface area contributed by atoms with E-state index >= 15 is 0 Å². The van der Waals surface area contributed by atoms with Gasteiger partial charge in [-0.3, -0.25) is 0 Å². The Morgan fingerprint density at radius 1 is 1.30 bits per heavy atom. The molecule has 0 atom stereocenters. The summed E-state index contributed by atoms with van der Waals surface area (Å²) in [4.78, 5) is 17.1. The standard InChI is InChI=1S/C14H18N6OS2/c1-10-9-11(23-14-16-5-3-6-17-14)19-12(18-10)20-13(22)15-7-4-8-21-2/h3,5-6,9H,4,7-8H2,1-2H3,(H2,15,18,19,20,22). The van der Waals surface area contributed by atoms with Crippen LogP contribution in [0.2, 0.25) is 0 Å². The maximum absolute atomic E-state index is 5.23. The minimum Gasteiger partial charge on any atom is -0.385 e. The first kappa shape index (κ1) is 17.5. The molecule has 0 radical (unpaired) electrons. The summed E-state index contributed by atoms with van der Waals surface area (Å²) in [7, 11) is 1.67. The first-order valence-electron chi connectivity index (χ1n) is 7.01. The van der Waals surface area contributed by atoms with Crippen molar-refractivity contribution in [3.8, 4) is 0 Å². The molecule has 2 heterocycles. The van der Waals surface area contributed by atoms with Crippen LogP contribution >= 0.6 is 24.0 Å². The molecule has 0 bridgehead atoms. The number of nitrogens with one attached hydrogen (secondary N) is 2. The highest BCUT2D eigenvalue weighted by molar-refractivity contribution is 7.99. The van der Waals surface area contributed by atoms with Crippen molar-refractivity contribution in [1.82, 2.24) is 25.3 Å². The fourth-order valence-corrected chi connectivity index (χ4v) is 2.61. The van der Waals surface area contributed by atoms with Gasteiger partial charge in [0.1, 0.15) is 5.03 Å². The zero-order valence-electron chi connectivity index (χ0n) is 12.9. The zero-order chi connectivity index (χ0) is 16.5. The van der Waals surface area contributed by atoms with Gasteiger partial charge in [-0.2, -0.15) is 0 Å². The summed E-state index contributed by atoms with van der Waals surface area (Å²) < 4.78 is 4.99. The van der Waals surface area contributed by atoms with E-state index in [1.54, 1.807) is 25.6 Å². The van der Waals surface area contributed by atoms with Crippen molar-refractivity contribution in [2.75, 3.05) is 25.6 Å². The first-order chi connectivity index (χ1) is 11.2. The highest BCUT2D eigenvalue weighted by atomic mass is 32.2. The largest absolute Gasteiger partial charge is 0.385 e. The topological polar surface area (TPSA) is 84.9 Å². The van der Waals surface area contributed by atoms with Crippen molar-refractivity contribution in [3.63, 3.8) is 0 Å². The molecule has 0 aliphatic heterocycles. The molecule has 2 aromatic rings. The lowest BCUT2D eigenvalue weighted by Gasteiger charge is -2.10. The average Bonchev–Trinajstić information content (AvgIpc) is 2.52. The van der Waals surface area contributed by atoms with E-state index < -0.39 is 0 Å². The summed E-state index contributed by atoms with van der Waals surface area (Å²) in [5.74, 6) is 0.452. The second-order valence-corrected chi connectivity index (χ2v) is 5.93. The van der Waals surface area contributed by atoms with E-state index in [-0.39, 0.29) is 0 Å². The Labute approximate surface area is 144 Å². The summed E-state index contributed by atoms with van der Waals surface area (Å²) >= 11 is 6.60. The molecule has 0 saturated carbocycles. The Balaban J connectivity index is 1.95. The van der Waals surface area contributed by atoms with Crippen LogP contribution in [0.4, 0.5) is 5.95 Å². The summed E-state index contributed by atoms with van der Waals surface area (Å²) in [5, 5.41) is 7.95. The van der Waals surface area contributed by atoms with Crippen molar-refractivity contribution >= 4 is 35.0 Å². The number of hydrogen-bond acceptors (Lipinski definition) is 7. The SMILES string of the molecule is COCCCNC(=S)Nc1nc(C)cc(Sc2ncccn2)n1. The molecule has 0 aromatic carbocycles. The maximum Gasteiger partial charge on any atom is 0.230 e. The molecule has 0 amide bonds. The lowest BCUT2D eigenvalue weighted by atomic mass is 10.4.